The monoisotopic (exact) mass is 402 g/mol. The van der Waals surface area contributed by atoms with Crippen LogP contribution in [0.3, 0.4) is 0 Å². The zero-order valence-electron chi connectivity index (χ0n) is 16.0. The van der Waals surface area contributed by atoms with Gasteiger partial charge in [-0.2, -0.15) is 4.68 Å². The maximum Gasteiger partial charge on any atom is 0.351 e. The molecule has 0 bridgehead atoms. The standard InChI is InChI=1S/C20H23FN4O4/c21-15-7-5-14(6-8-15)13-22-11-12-24-16(18(22)27)17(26)19(28)25(20(24)29)23-9-3-1-2-4-10-23/h5-8,26H,1-4,9-13H2. The van der Waals surface area contributed by atoms with Crippen LogP contribution in [0.25, 0.3) is 0 Å². The molecule has 0 saturated carbocycles. The molecule has 0 radical (unpaired) electrons. The summed E-state index contributed by atoms with van der Waals surface area (Å²) >= 11 is 0. The summed E-state index contributed by atoms with van der Waals surface area (Å²) in [6.07, 6.45) is 3.78. The molecule has 1 aromatic carbocycles. The second-order valence-corrected chi connectivity index (χ2v) is 7.47. The van der Waals surface area contributed by atoms with Crippen molar-refractivity contribution >= 4 is 5.91 Å². The Kier molecular flexibility index (Phi) is 5.12. The number of halogens is 1. The highest BCUT2D eigenvalue weighted by molar-refractivity contribution is 5.95. The Balaban J connectivity index is 1.69. The van der Waals surface area contributed by atoms with Crippen molar-refractivity contribution in [3.63, 3.8) is 0 Å². The van der Waals surface area contributed by atoms with Gasteiger partial charge in [0.05, 0.1) is 0 Å². The first-order chi connectivity index (χ1) is 14.0. The number of rotatable bonds is 3. The van der Waals surface area contributed by atoms with Gasteiger partial charge in [-0.1, -0.05) is 25.0 Å². The fraction of sp³-hybridized carbons (Fsp3) is 0.450. The molecule has 2 aromatic rings. The lowest BCUT2D eigenvalue weighted by atomic mass is 10.1. The molecule has 29 heavy (non-hydrogen) atoms. The van der Waals surface area contributed by atoms with Crippen molar-refractivity contribution in [2.24, 2.45) is 0 Å². The summed E-state index contributed by atoms with van der Waals surface area (Å²) in [6.45, 7) is 1.72. The quantitative estimate of drug-likeness (QED) is 0.828. The number of carbonyl (C=O) groups excluding carboxylic acids is 1. The number of aromatic hydroxyl groups is 1. The van der Waals surface area contributed by atoms with Gasteiger partial charge >= 0.3 is 11.2 Å². The third-order valence-corrected chi connectivity index (χ3v) is 5.54. The van der Waals surface area contributed by atoms with Gasteiger partial charge in [0.1, 0.15) is 5.82 Å². The number of nitrogens with zero attached hydrogens (tertiary/aromatic N) is 4. The lowest BCUT2D eigenvalue weighted by molar-refractivity contribution is 0.0677. The summed E-state index contributed by atoms with van der Waals surface area (Å²) < 4.78 is 15.3. The van der Waals surface area contributed by atoms with Crippen LogP contribution in [-0.4, -0.2) is 44.8 Å². The number of aromatic nitrogens is 2. The number of fused-ring (bicyclic) bond motifs is 1. The van der Waals surface area contributed by atoms with Crippen LogP contribution in [0.2, 0.25) is 0 Å². The van der Waals surface area contributed by atoms with Crippen molar-refractivity contribution in [2.75, 3.05) is 24.6 Å². The summed E-state index contributed by atoms with van der Waals surface area (Å²) in [5.74, 6) is -1.67. The van der Waals surface area contributed by atoms with E-state index >= 15 is 0 Å². The number of hydrogen-bond donors (Lipinski definition) is 1. The van der Waals surface area contributed by atoms with Gasteiger partial charge < -0.3 is 15.0 Å². The van der Waals surface area contributed by atoms with Gasteiger partial charge in [-0.05, 0) is 30.5 Å². The highest BCUT2D eigenvalue weighted by atomic mass is 19.1. The molecule has 1 N–H and O–H groups in total. The molecular formula is C20H23FN4O4. The number of amides is 1. The van der Waals surface area contributed by atoms with Gasteiger partial charge in [0.2, 0.25) is 5.75 Å². The first-order valence-corrected chi connectivity index (χ1v) is 9.85. The number of benzene rings is 1. The summed E-state index contributed by atoms with van der Waals surface area (Å²) in [5, 5.41) is 12.2. The van der Waals surface area contributed by atoms with Crippen molar-refractivity contribution in [1.82, 2.24) is 14.1 Å². The normalized spacial score (nSPS) is 17.2. The van der Waals surface area contributed by atoms with Crippen LogP contribution in [0, 0.1) is 5.82 Å². The molecule has 8 nitrogen and oxygen atoms in total. The second-order valence-electron chi connectivity index (χ2n) is 7.47. The molecule has 1 amide bonds. The molecule has 4 rings (SSSR count). The Hall–Kier alpha value is -3.10. The molecule has 1 fully saturated rings. The molecule has 3 heterocycles. The van der Waals surface area contributed by atoms with Crippen LogP contribution in [-0.2, 0) is 13.1 Å². The van der Waals surface area contributed by atoms with Crippen molar-refractivity contribution in [1.29, 1.82) is 0 Å². The maximum atomic E-state index is 13.1. The Morgan fingerprint density at radius 3 is 2.21 bits per heavy atom. The molecule has 0 spiro atoms. The fourth-order valence-electron chi connectivity index (χ4n) is 3.99. The zero-order chi connectivity index (χ0) is 20.5. The van der Waals surface area contributed by atoms with E-state index in [0.717, 1.165) is 30.4 Å². The molecule has 0 unspecified atom stereocenters. The third-order valence-electron chi connectivity index (χ3n) is 5.54. The topological polar surface area (TPSA) is 87.8 Å². The average Bonchev–Trinajstić information content (AvgIpc) is 2.99. The molecular weight excluding hydrogens is 379 g/mol. The Bertz CT molecular complexity index is 1040. The van der Waals surface area contributed by atoms with Gasteiger partial charge in [-0.25, -0.2) is 9.18 Å². The van der Waals surface area contributed by atoms with E-state index in [1.807, 2.05) is 0 Å². The summed E-state index contributed by atoms with van der Waals surface area (Å²) in [4.78, 5) is 40.1. The second kappa shape index (κ2) is 7.73. The predicted molar refractivity (Wildman–Crippen MR) is 104 cm³/mol. The van der Waals surface area contributed by atoms with Crippen molar-refractivity contribution in [3.05, 3.63) is 62.2 Å². The van der Waals surface area contributed by atoms with E-state index in [1.54, 1.807) is 17.1 Å². The molecule has 9 heteroatoms. The zero-order valence-corrected chi connectivity index (χ0v) is 16.0. The largest absolute Gasteiger partial charge is 0.501 e. The first kappa shape index (κ1) is 19.2. The molecule has 0 aliphatic carbocycles. The summed E-state index contributed by atoms with van der Waals surface area (Å²) in [6, 6.07) is 5.75. The van der Waals surface area contributed by atoms with E-state index in [9.17, 15) is 23.9 Å². The Morgan fingerprint density at radius 1 is 0.897 bits per heavy atom. The minimum absolute atomic E-state index is 0.169. The van der Waals surface area contributed by atoms with E-state index in [-0.39, 0.29) is 31.1 Å². The van der Waals surface area contributed by atoms with Crippen LogP contribution in [0.4, 0.5) is 4.39 Å². The highest BCUT2D eigenvalue weighted by Crippen LogP contribution is 2.20. The molecule has 1 aromatic heterocycles. The SMILES string of the molecule is O=C1c2c(O)c(=O)n(N3CCCCCC3)c(=O)n2CCN1Cc1ccc(F)cc1. The van der Waals surface area contributed by atoms with Crippen molar-refractivity contribution in [2.45, 2.75) is 38.8 Å². The van der Waals surface area contributed by atoms with Gasteiger partial charge in [-0.15, -0.1) is 0 Å². The highest BCUT2D eigenvalue weighted by Gasteiger charge is 2.32. The summed E-state index contributed by atoms with van der Waals surface area (Å²) in [7, 11) is 0. The Morgan fingerprint density at radius 2 is 1.55 bits per heavy atom. The third kappa shape index (κ3) is 3.52. The maximum absolute atomic E-state index is 13.1. The van der Waals surface area contributed by atoms with E-state index in [2.05, 4.69) is 0 Å². The van der Waals surface area contributed by atoms with E-state index < -0.39 is 22.9 Å². The smallest absolute Gasteiger partial charge is 0.351 e. The minimum Gasteiger partial charge on any atom is -0.501 e. The van der Waals surface area contributed by atoms with Crippen LogP contribution < -0.4 is 16.3 Å². The van der Waals surface area contributed by atoms with Crippen LogP contribution in [0.5, 0.6) is 5.75 Å². The van der Waals surface area contributed by atoms with E-state index in [4.69, 9.17) is 0 Å². The fourth-order valence-corrected chi connectivity index (χ4v) is 3.99. The molecule has 154 valence electrons. The van der Waals surface area contributed by atoms with E-state index in [1.165, 1.54) is 21.6 Å². The number of hydrogen-bond acceptors (Lipinski definition) is 5. The molecule has 2 aliphatic heterocycles. The van der Waals surface area contributed by atoms with E-state index in [0.29, 0.717) is 18.7 Å². The summed E-state index contributed by atoms with van der Waals surface area (Å²) in [5.41, 5.74) is -1.02. The minimum atomic E-state index is -0.861. The lowest BCUT2D eigenvalue weighted by Gasteiger charge is -2.32. The lowest BCUT2D eigenvalue weighted by Crippen LogP contribution is -2.56. The van der Waals surface area contributed by atoms with Crippen molar-refractivity contribution < 1.29 is 14.3 Å². The van der Waals surface area contributed by atoms with Crippen molar-refractivity contribution in [3.8, 4) is 5.75 Å². The molecule has 1 saturated heterocycles. The average molecular weight is 402 g/mol. The van der Waals surface area contributed by atoms with Crippen LogP contribution >= 0.6 is 0 Å². The van der Waals surface area contributed by atoms with Crippen LogP contribution in [0.15, 0.2) is 33.9 Å². The predicted octanol–water partition coefficient (Wildman–Crippen LogP) is 1.02. The molecule has 2 aliphatic rings. The molecule has 0 atom stereocenters. The van der Waals surface area contributed by atoms with Gasteiger partial charge in [-0.3, -0.25) is 14.2 Å². The Labute approximate surface area is 166 Å². The van der Waals surface area contributed by atoms with Gasteiger partial charge in [0.15, 0.2) is 5.69 Å². The number of carbonyl (C=O) groups is 1. The van der Waals surface area contributed by atoms with Gasteiger partial charge in [0, 0.05) is 32.7 Å². The van der Waals surface area contributed by atoms with Gasteiger partial charge in [0.25, 0.3) is 5.91 Å². The van der Waals surface area contributed by atoms with Crippen LogP contribution in [0.1, 0.15) is 41.7 Å². The first-order valence-electron chi connectivity index (χ1n) is 9.85.